The third-order valence-electron chi connectivity index (χ3n) is 1.95. The van der Waals surface area contributed by atoms with Gasteiger partial charge in [-0.05, 0) is 27.2 Å². The minimum atomic E-state index is -1.19. The van der Waals surface area contributed by atoms with E-state index >= 15 is 0 Å². The molecular formula is C10H15NO3. The van der Waals surface area contributed by atoms with Crippen LogP contribution in [-0.2, 0) is 14.3 Å². The van der Waals surface area contributed by atoms with Gasteiger partial charge in [-0.25, -0.2) is 0 Å². The van der Waals surface area contributed by atoms with Crippen LogP contribution in [0.4, 0.5) is 0 Å². The van der Waals surface area contributed by atoms with E-state index in [1.54, 1.807) is 6.92 Å². The summed E-state index contributed by atoms with van der Waals surface area (Å²) in [5.41, 5.74) is -1.19. The van der Waals surface area contributed by atoms with E-state index < -0.39 is 11.4 Å². The molecule has 0 rings (SSSR count). The predicted octanol–water partition coefficient (Wildman–Crippen LogP) is 1.45. The van der Waals surface area contributed by atoms with E-state index in [1.807, 2.05) is 6.07 Å². The number of esters is 1. The van der Waals surface area contributed by atoms with Crippen LogP contribution in [0.15, 0.2) is 0 Å². The number of carbonyl (C=O) groups excluding carboxylic acids is 2. The second-order valence-electron chi connectivity index (χ2n) is 3.37. The van der Waals surface area contributed by atoms with Crippen molar-refractivity contribution in [1.29, 1.82) is 5.26 Å². The lowest BCUT2D eigenvalue weighted by atomic mass is 9.86. The molecule has 1 atom stereocenters. The minimum Gasteiger partial charge on any atom is -0.465 e. The molecule has 0 saturated heterocycles. The Morgan fingerprint density at radius 2 is 2.07 bits per heavy atom. The van der Waals surface area contributed by atoms with Gasteiger partial charge in [-0.2, -0.15) is 5.26 Å². The van der Waals surface area contributed by atoms with Gasteiger partial charge in [0.2, 0.25) is 0 Å². The molecule has 0 aliphatic carbocycles. The summed E-state index contributed by atoms with van der Waals surface area (Å²) in [7, 11) is 0. The first-order valence-electron chi connectivity index (χ1n) is 4.54. The van der Waals surface area contributed by atoms with Crippen LogP contribution in [0.1, 0.15) is 33.6 Å². The molecule has 0 aromatic heterocycles. The normalized spacial score (nSPS) is 13.9. The number of nitrogens with zero attached hydrogens (tertiary/aromatic N) is 1. The van der Waals surface area contributed by atoms with E-state index in [2.05, 4.69) is 0 Å². The van der Waals surface area contributed by atoms with Crippen molar-refractivity contribution < 1.29 is 14.3 Å². The molecule has 0 bridgehead atoms. The van der Waals surface area contributed by atoms with Crippen molar-refractivity contribution in [2.45, 2.75) is 33.6 Å². The Morgan fingerprint density at radius 1 is 1.50 bits per heavy atom. The zero-order chi connectivity index (χ0) is 11.2. The molecule has 0 saturated carbocycles. The molecule has 0 N–H and O–H groups in total. The molecule has 0 spiro atoms. The van der Waals surface area contributed by atoms with Crippen molar-refractivity contribution in [3.8, 4) is 6.07 Å². The van der Waals surface area contributed by atoms with Gasteiger partial charge in [-0.15, -0.1) is 0 Å². The zero-order valence-electron chi connectivity index (χ0n) is 8.79. The van der Waals surface area contributed by atoms with Gasteiger partial charge >= 0.3 is 5.97 Å². The highest BCUT2D eigenvalue weighted by molar-refractivity contribution is 5.81. The number of nitriles is 1. The van der Waals surface area contributed by atoms with Gasteiger partial charge in [-0.3, -0.25) is 4.79 Å². The van der Waals surface area contributed by atoms with E-state index in [0.29, 0.717) is 0 Å². The maximum Gasteiger partial charge on any atom is 0.326 e. The molecule has 0 unspecified atom stereocenters. The Hall–Kier alpha value is -1.37. The Kier molecular flexibility index (Phi) is 4.85. The summed E-state index contributed by atoms with van der Waals surface area (Å²) >= 11 is 0. The fourth-order valence-corrected chi connectivity index (χ4v) is 0.920. The molecule has 0 amide bonds. The fraction of sp³-hybridized carbons (Fsp3) is 0.700. The summed E-state index contributed by atoms with van der Waals surface area (Å²) in [6, 6.07) is 1.89. The minimum absolute atomic E-state index is 0.0317. The molecule has 0 aliphatic heterocycles. The molecule has 14 heavy (non-hydrogen) atoms. The van der Waals surface area contributed by atoms with Gasteiger partial charge in [0.05, 0.1) is 12.7 Å². The van der Waals surface area contributed by atoms with Gasteiger partial charge in [0.15, 0.2) is 5.41 Å². The largest absolute Gasteiger partial charge is 0.465 e. The molecule has 4 heteroatoms. The molecular weight excluding hydrogens is 182 g/mol. The van der Waals surface area contributed by atoms with Gasteiger partial charge in [0, 0.05) is 6.42 Å². The Labute approximate surface area is 83.9 Å². The molecule has 78 valence electrons. The van der Waals surface area contributed by atoms with Crippen LogP contribution in [0.3, 0.4) is 0 Å². The summed E-state index contributed by atoms with van der Waals surface area (Å²) in [6.07, 6.45) is 0.445. The highest BCUT2D eigenvalue weighted by Gasteiger charge is 2.34. The quantitative estimate of drug-likeness (QED) is 0.625. The van der Waals surface area contributed by atoms with Crippen molar-refractivity contribution in [3.63, 3.8) is 0 Å². The number of Topliss-reactive ketones (excluding diaryl/α,β-unsaturated/α-hetero) is 1. The number of hydrogen-bond acceptors (Lipinski definition) is 4. The van der Waals surface area contributed by atoms with Crippen molar-refractivity contribution >= 4 is 11.8 Å². The molecule has 0 aromatic rings. The van der Waals surface area contributed by atoms with Crippen LogP contribution in [0.5, 0.6) is 0 Å². The lowest BCUT2D eigenvalue weighted by Gasteiger charge is -2.18. The van der Waals surface area contributed by atoms with Crippen LogP contribution in [0.25, 0.3) is 0 Å². The van der Waals surface area contributed by atoms with Crippen molar-refractivity contribution in [3.05, 3.63) is 0 Å². The summed E-state index contributed by atoms with van der Waals surface area (Å²) in [6.45, 7) is 4.85. The molecule has 0 heterocycles. The van der Waals surface area contributed by atoms with Crippen LogP contribution >= 0.6 is 0 Å². The average Bonchev–Trinajstić information content (AvgIpc) is 2.14. The SMILES string of the molecule is CCOC(=O)[C@@](C)(C#N)CCC(C)=O. The average molecular weight is 197 g/mol. The van der Waals surface area contributed by atoms with Gasteiger partial charge in [0.1, 0.15) is 5.78 Å². The fourth-order valence-electron chi connectivity index (χ4n) is 0.920. The third-order valence-corrected chi connectivity index (χ3v) is 1.95. The maximum atomic E-state index is 11.4. The Morgan fingerprint density at radius 3 is 2.43 bits per heavy atom. The number of carbonyl (C=O) groups is 2. The summed E-state index contributed by atoms with van der Waals surface area (Å²) in [5, 5.41) is 8.83. The monoisotopic (exact) mass is 197 g/mol. The summed E-state index contributed by atoms with van der Waals surface area (Å²) < 4.78 is 4.76. The van der Waals surface area contributed by atoms with E-state index in [1.165, 1.54) is 13.8 Å². The second-order valence-corrected chi connectivity index (χ2v) is 3.37. The van der Waals surface area contributed by atoms with E-state index in [0.717, 1.165) is 0 Å². The van der Waals surface area contributed by atoms with Crippen molar-refractivity contribution in [2.24, 2.45) is 5.41 Å². The second kappa shape index (κ2) is 5.38. The number of rotatable bonds is 5. The summed E-state index contributed by atoms with van der Waals surface area (Å²) in [5.74, 6) is -0.584. The first kappa shape index (κ1) is 12.6. The third kappa shape index (κ3) is 3.56. The molecule has 0 fully saturated rings. The van der Waals surface area contributed by atoms with Crippen LogP contribution in [0.2, 0.25) is 0 Å². The lowest BCUT2D eigenvalue weighted by molar-refractivity contribution is -0.151. The predicted molar refractivity (Wildman–Crippen MR) is 50.3 cm³/mol. The highest BCUT2D eigenvalue weighted by atomic mass is 16.5. The number of hydrogen-bond donors (Lipinski definition) is 0. The molecule has 0 aliphatic rings. The standard InChI is InChI=1S/C10H15NO3/c1-4-14-9(13)10(3,7-11)6-5-8(2)12/h4-6H2,1-3H3/t10-/m1/s1. The Balaban J connectivity index is 4.40. The van der Waals surface area contributed by atoms with Crippen LogP contribution in [0, 0.1) is 16.7 Å². The van der Waals surface area contributed by atoms with Crippen molar-refractivity contribution in [1.82, 2.24) is 0 Å². The first-order valence-corrected chi connectivity index (χ1v) is 4.54. The lowest BCUT2D eigenvalue weighted by Crippen LogP contribution is -2.28. The van der Waals surface area contributed by atoms with E-state index in [-0.39, 0.29) is 25.2 Å². The summed E-state index contributed by atoms with van der Waals surface area (Å²) in [4.78, 5) is 22.1. The van der Waals surface area contributed by atoms with Crippen molar-refractivity contribution in [2.75, 3.05) is 6.61 Å². The van der Waals surface area contributed by atoms with Crippen LogP contribution < -0.4 is 0 Å². The van der Waals surface area contributed by atoms with E-state index in [4.69, 9.17) is 10.00 Å². The molecule has 0 aromatic carbocycles. The van der Waals surface area contributed by atoms with Gasteiger partial charge < -0.3 is 9.53 Å². The smallest absolute Gasteiger partial charge is 0.326 e. The first-order chi connectivity index (χ1) is 6.46. The molecule has 0 radical (unpaired) electrons. The van der Waals surface area contributed by atoms with Gasteiger partial charge in [-0.1, -0.05) is 0 Å². The molecule has 4 nitrogen and oxygen atoms in total. The maximum absolute atomic E-state index is 11.4. The van der Waals surface area contributed by atoms with Gasteiger partial charge in [0.25, 0.3) is 0 Å². The number of ether oxygens (including phenoxy) is 1. The Bertz CT molecular complexity index is 267. The highest BCUT2D eigenvalue weighted by Crippen LogP contribution is 2.24. The number of ketones is 1. The topological polar surface area (TPSA) is 67.2 Å². The zero-order valence-corrected chi connectivity index (χ0v) is 8.79. The van der Waals surface area contributed by atoms with E-state index in [9.17, 15) is 9.59 Å². The van der Waals surface area contributed by atoms with Crippen LogP contribution in [-0.4, -0.2) is 18.4 Å².